The van der Waals surface area contributed by atoms with Gasteiger partial charge < -0.3 is 10.1 Å². The first kappa shape index (κ1) is 17.1. The lowest BCUT2D eigenvalue weighted by atomic mass is 10.1. The van der Waals surface area contributed by atoms with Crippen LogP contribution in [0.25, 0.3) is 0 Å². The molecule has 0 saturated heterocycles. The Morgan fingerprint density at radius 2 is 1.90 bits per heavy atom. The highest BCUT2D eigenvalue weighted by atomic mass is 32.2. The van der Waals surface area contributed by atoms with Gasteiger partial charge in [0, 0.05) is 10.9 Å². The number of nitrogens with one attached hydrogen (secondary N) is 1. The largest absolute Gasteiger partial charge is 0.465 e. The number of hydrogen-bond acceptors (Lipinski definition) is 4. The first-order valence-electron chi connectivity index (χ1n) is 7.28. The molecule has 1 aromatic rings. The molecule has 0 amide bonds. The molecular formula is C16H25NO2S. The van der Waals surface area contributed by atoms with E-state index in [1.54, 1.807) is 11.8 Å². The number of rotatable bonds is 8. The van der Waals surface area contributed by atoms with E-state index in [9.17, 15) is 4.79 Å². The Hall–Kier alpha value is -1.00. The third-order valence-corrected chi connectivity index (χ3v) is 4.44. The lowest BCUT2D eigenvalue weighted by molar-refractivity contribution is -0.142. The Balaban J connectivity index is 2.66. The molecule has 112 valence electrons. The van der Waals surface area contributed by atoms with Crippen LogP contribution in [0.15, 0.2) is 29.2 Å². The smallest absolute Gasteiger partial charge is 0.319 e. The molecule has 0 heterocycles. The second-order valence-electron chi connectivity index (χ2n) is 4.62. The predicted octanol–water partition coefficient (Wildman–Crippen LogP) is 3.79. The van der Waals surface area contributed by atoms with E-state index in [1.807, 2.05) is 13.8 Å². The van der Waals surface area contributed by atoms with Gasteiger partial charge in [-0.15, -0.1) is 11.8 Å². The maximum atomic E-state index is 11.8. The minimum absolute atomic E-state index is 0.119. The van der Waals surface area contributed by atoms with E-state index in [-0.39, 0.29) is 11.2 Å². The highest BCUT2D eigenvalue weighted by Crippen LogP contribution is 2.27. The molecule has 0 aromatic heterocycles. The summed E-state index contributed by atoms with van der Waals surface area (Å²) in [5, 5.41) is 3.27. The van der Waals surface area contributed by atoms with Crippen molar-refractivity contribution < 1.29 is 9.53 Å². The van der Waals surface area contributed by atoms with Crippen LogP contribution < -0.4 is 5.32 Å². The zero-order chi connectivity index (χ0) is 15.0. The van der Waals surface area contributed by atoms with Crippen LogP contribution in [0.1, 0.15) is 45.7 Å². The van der Waals surface area contributed by atoms with Crippen LogP contribution in [0.5, 0.6) is 0 Å². The predicted molar refractivity (Wildman–Crippen MR) is 85.1 cm³/mol. The van der Waals surface area contributed by atoms with Crippen LogP contribution in [-0.2, 0) is 9.53 Å². The minimum atomic E-state index is -0.120. The van der Waals surface area contributed by atoms with E-state index in [2.05, 4.69) is 43.4 Å². The van der Waals surface area contributed by atoms with Gasteiger partial charge in [-0.25, -0.2) is 0 Å². The summed E-state index contributed by atoms with van der Waals surface area (Å²) in [6.07, 6.45) is 0.777. The van der Waals surface area contributed by atoms with Crippen molar-refractivity contribution in [2.45, 2.75) is 50.3 Å². The van der Waals surface area contributed by atoms with Crippen LogP contribution in [0, 0.1) is 0 Å². The summed E-state index contributed by atoms with van der Waals surface area (Å²) < 4.78 is 5.09. The molecule has 0 radical (unpaired) electrons. The van der Waals surface area contributed by atoms with Gasteiger partial charge in [0.2, 0.25) is 0 Å². The molecule has 3 nitrogen and oxygen atoms in total. The van der Waals surface area contributed by atoms with Crippen molar-refractivity contribution in [3.05, 3.63) is 29.8 Å². The van der Waals surface area contributed by atoms with Crippen LogP contribution >= 0.6 is 11.8 Å². The van der Waals surface area contributed by atoms with E-state index >= 15 is 0 Å². The van der Waals surface area contributed by atoms with Gasteiger partial charge in [0.15, 0.2) is 0 Å². The van der Waals surface area contributed by atoms with Gasteiger partial charge in [-0.05, 0) is 44.5 Å². The van der Waals surface area contributed by atoms with Gasteiger partial charge >= 0.3 is 5.97 Å². The molecule has 1 aromatic carbocycles. The van der Waals surface area contributed by atoms with Gasteiger partial charge in [0.05, 0.1) is 6.61 Å². The zero-order valence-electron chi connectivity index (χ0n) is 12.8. The maximum absolute atomic E-state index is 11.8. The molecule has 2 unspecified atom stereocenters. The van der Waals surface area contributed by atoms with E-state index in [4.69, 9.17) is 4.74 Å². The first-order chi connectivity index (χ1) is 9.62. The monoisotopic (exact) mass is 295 g/mol. The van der Waals surface area contributed by atoms with Gasteiger partial charge in [-0.3, -0.25) is 4.79 Å². The average Bonchev–Trinajstić information content (AvgIpc) is 2.45. The molecule has 20 heavy (non-hydrogen) atoms. The van der Waals surface area contributed by atoms with Crippen LogP contribution in [0.2, 0.25) is 0 Å². The van der Waals surface area contributed by atoms with E-state index < -0.39 is 0 Å². The van der Waals surface area contributed by atoms with Gasteiger partial charge in [0.25, 0.3) is 0 Å². The summed E-state index contributed by atoms with van der Waals surface area (Å²) in [6, 6.07) is 8.75. The lowest BCUT2D eigenvalue weighted by Crippen LogP contribution is -2.19. The van der Waals surface area contributed by atoms with Gasteiger partial charge in [-0.1, -0.05) is 26.0 Å². The lowest BCUT2D eigenvalue weighted by Gasteiger charge is -2.15. The Morgan fingerprint density at radius 3 is 2.40 bits per heavy atom. The normalized spacial score (nSPS) is 13.8. The Labute approximate surface area is 126 Å². The molecule has 0 fully saturated rings. The number of benzene rings is 1. The molecule has 1 rings (SSSR count). The summed E-state index contributed by atoms with van der Waals surface area (Å²) in [6.45, 7) is 9.50. The highest BCUT2D eigenvalue weighted by molar-refractivity contribution is 8.00. The molecule has 0 aliphatic heterocycles. The number of ether oxygens (including phenoxy) is 1. The molecule has 2 atom stereocenters. The van der Waals surface area contributed by atoms with Crippen molar-refractivity contribution in [1.82, 2.24) is 5.32 Å². The van der Waals surface area contributed by atoms with Gasteiger partial charge in [-0.2, -0.15) is 0 Å². The molecular weight excluding hydrogens is 270 g/mol. The summed E-state index contributed by atoms with van der Waals surface area (Å²) in [7, 11) is 0. The first-order valence-corrected chi connectivity index (χ1v) is 8.16. The summed E-state index contributed by atoms with van der Waals surface area (Å²) >= 11 is 1.58. The molecule has 0 bridgehead atoms. The zero-order valence-corrected chi connectivity index (χ0v) is 13.6. The molecule has 0 aliphatic rings. The minimum Gasteiger partial charge on any atom is -0.465 e. The fourth-order valence-electron chi connectivity index (χ4n) is 1.96. The van der Waals surface area contributed by atoms with Crippen LogP contribution in [0.4, 0.5) is 0 Å². The highest BCUT2D eigenvalue weighted by Gasteiger charge is 2.19. The molecule has 0 saturated carbocycles. The Kier molecular flexibility index (Phi) is 7.70. The molecule has 0 aliphatic carbocycles. The number of esters is 1. The van der Waals surface area contributed by atoms with E-state index in [0.29, 0.717) is 12.6 Å². The Morgan fingerprint density at radius 1 is 1.25 bits per heavy atom. The van der Waals surface area contributed by atoms with Crippen molar-refractivity contribution in [2.24, 2.45) is 0 Å². The molecule has 0 spiro atoms. The molecule has 1 N–H and O–H groups in total. The second kappa shape index (κ2) is 9.03. The van der Waals surface area contributed by atoms with E-state index in [0.717, 1.165) is 17.9 Å². The number of carbonyl (C=O) groups is 1. The number of hydrogen-bond donors (Lipinski definition) is 1. The number of thioether (sulfide) groups is 1. The topological polar surface area (TPSA) is 38.3 Å². The van der Waals surface area contributed by atoms with Crippen LogP contribution in [-0.4, -0.2) is 24.4 Å². The van der Waals surface area contributed by atoms with Gasteiger partial charge in [0.1, 0.15) is 5.25 Å². The van der Waals surface area contributed by atoms with Crippen molar-refractivity contribution in [2.75, 3.05) is 13.2 Å². The van der Waals surface area contributed by atoms with Crippen molar-refractivity contribution in [3.8, 4) is 0 Å². The van der Waals surface area contributed by atoms with Crippen LogP contribution in [0.3, 0.4) is 0 Å². The average molecular weight is 295 g/mol. The standard InChI is InChI=1S/C16H25NO2S/c1-5-15(16(18)19-7-3)20-14-10-8-13(9-11-14)12(4)17-6-2/h8-12,15,17H,5-7H2,1-4H3. The van der Waals surface area contributed by atoms with Crippen molar-refractivity contribution >= 4 is 17.7 Å². The maximum Gasteiger partial charge on any atom is 0.319 e. The summed E-state index contributed by atoms with van der Waals surface area (Å²) in [5.41, 5.74) is 1.26. The summed E-state index contributed by atoms with van der Waals surface area (Å²) in [5.74, 6) is -0.120. The third-order valence-electron chi connectivity index (χ3n) is 3.09. The van der Waals surface area contributed by atoms with Crippen molar-refractivity contribution in [1.29, 1.82) is 0 Å². The molecule has 4 heteroatoms. The third kappa shape index (κ3) is 5.17. The second-order valence-corrected chi connectivity index (χ2v) is 5.89. The van der Waals surface area contributed by atoms with E-state index in [1.165, 1.54) is 5.56 Å². The fraction of sp³-hybridized carbons (Fsp3) is 0.562. The fourth-order valence-corrected chi connectivity index (χ4v) is 2.91. The quantitative estimate of drug-likeness (QED) is 0.585. The summed E-state index contributed by atoms with van der Waals surface area (Å²) in [4.78, 5) is 12.9. The Bertz CT molecular complexity index is 405. The SMILES string of the molecule is CCNC(C)c1ccc(SC(CC)C(=O)OCC)cc1. The van der Waals surface area contributed by atoms with Crippen molar-refractivity contribution in [3.63, 3.8) is 0 Å². The number of carbonyl (C=O) groups excluding carboxylic acids is 1.